The summed E-state index contributed by atoms with van der Waals surface area (Å²) in [5.74, 6) is -0.755. The molecule has 1 amide bonds. The molecular weight excluding hydrogens is 474 g/mol. The largest absolute Gasteiger partial charge is 0.366 e. The molecule has 0 aliphatic carbocycles. The summed E-state index contributed by atoms with van der Waals surface area (Å²) in [4.78, 5) is 15.2. The second-order valence-electron chi connectivity index (χ2n) is 8.65. The lowest BCUT2D eigenvalue weighted by Crippen LogP contribution is -2.61. The van der Waals surface area contributed by atoms with Crippen LogP contribution in [0.4, 0.5) is 5.69 Å². The topological polar surface area (TPSA) is 109 Å². The first-order chi connectivity index (χ1) is 14.2. The standard InChI is InChI=1S/C20H22BrN3O5S/c1-3-30(26,27)23-14-9-19(2)15-16-18(28-7-6-20(14,16)29-19)24(17(15)25)12-5-4-11(10-22)13(21)8-12/h4-5,8,14-16,18,23H,3,6-7,9H2,1-2H3/t14-,15+,16-,18-,19-,20-/m0/s1. The zero-order valence-electron chi connectivity index (χ0n) is 16.6. The van der Waals surface area contributed by atoms with Crippen molar-refractivity contribution >= 4 is 37.5 Å². The highest BCUT2D eigenvalue weighted by Gasteiger charge is 2.78. The van der Waals surface area contributed by atoms with Gasteiger partial charge in [-0.05, 0) is 54.4 Å². The van der Waals surface area contributed by atoms with Crippen molar-refractivity contribution in [1.82, 2.24) is 4.72 Å². The first-order valence-electron chi connectivity index (χ1n) is 10.0. The lowest BCUT2D eigenvalue weighted by Gasteiger charge is -2.45. The minimum absolute atomic E-state index is 0.00532. The molecule has 0 radical (unpaired) electrons. The maximum absolute atomic E-state index is 13.6. The molecule has 6 atom stereocenters. The molecule has 4 aliphatic rings. The van der Waals surface area contributed by atoms with Crippen molar-refractivity contribution in [3.05, 3.63) is 28.2 Å². The molecule has 0 aromatic heterocycles. The number of rotatable bonds is 4. The van der Waals surface area contributed by atoms with Crippen molar-refractivity contribution in [3.63, 3.8) is 0 Å². The number of carbonyl (C=O) groups is 1. The van der Waals surface area contributed by atoms with E-state index in [-0.39, 0.29) is 23.6 Å². The van der Waals surface area contributed by atoms with Gasteiger partial charge in [0.05, 0.1) is 41.1 Å². The molecule has 4 fully saturated rings. The summed E-state index contributed by atoms with van der Waals surface area (Å²) < 4.78 is 40.7. The molecule has 1 N–H and O–H groups in total. The molecule has 160 valence electrons. The second kappa shape index (κ2) is 6.50. The maximum Gasteiger partial charge on any atom is 0.235 e. The number of sulfonamides is 1. The molecule has 4 aliphatic heterocycles. The fourth-order valence-electron chi connectivity index (χ4n) is 5.90. The van der Waals surface area contributed by atoms with Gasteiger partial charge in [-0.1, -0.05) is 0 Å². The van der Waals surface area contributed by atoms with Crippen molar-refractivity contribution in [2.24, 2.45) is 11.8 Å². The van der Waals surface area contributed by atoms with E-state index in [1.54, 1.807) is 30.0 Å². The van der Waals surface area contributed by atoms with E-state index in [1.807, 2.05) is 6.92 Å². The van der Waals surface area contributed by atoms with Crippen molar-refractivity contribution in [3.8, 4) is 6.07 Å². The van der Waals surface area contributed by atoms with E-state index in [4.69, 9.17) is 9.47 Å². The van der Waals surface area contributed by atoms with Gasteiger partial charge in [-0.25, -0.2) is 13.1 Å². The average Bonchev–Trinajstić information content (AvgIpc) is 3.25. The van der Waals surface area contributed by atoms with E-state index in [9.17, 15) is 18.5 Å². The van der Waals surface area contributed by atoms with Gasteiger partial charge in [0.2, 0.25) is 15.9 Å². The van der Waals surface area contributed by atoms with E-state index >= 15 is 0 Å². The van der Waals surface area contributed by atoms with Crippen LogP contribution in [0.1, 0.15) is 32.3 Å². The molecule has 1 spiro atoms. The van der Waals surface area contributed by atoms with Gasteiger partial charge in [-0.3, -0.25) is 9.69 Å². The summed E-state index contributed by atoms with van der Waals surface area (Å²) in [6.07, 6.45) is 0.457. The Bertz CT molecular complexity index is 1090. The third-order valence-corrected chi connectivity index (χ3v) is 9.16. The van der Waals surface area contributed by atoms with E-state index in [0.717, 1.165) is 0 Å². The van der Waals surface area contributed by atoms with Gasteiger partial charge in [-0.2, -0.15) is 5.26 Å². The number of nitriles is 1. The van der Waals surface area contributed by atoms with Crippen molar-refractivity contribution < 1.29 is 22.7 Å². The Kier molecular flexibility index (Phi) is 4.42. The zero-order chi connectivity index (χ0) is 21.5. The van der Waals surface area contributed by atoms with E-state index < -0.39 is 33.4 Å². The summed E-state index contributed by atoms with van der Waals surface area (Å²) >= 11 is 3.40. The third kappa shape index (κ3) is 2.59. The number of nitrogens with one attached hydrogen (secondary N) is 1. The molecule has 8 nitrogen and oxygen atoms in total. The van der Waals surface area contributed by atoms with Crippen molar-refractivity contribution in [2.75, 3.05) is 17.3 Å². The molecule has 4 saturated heterocycles. The Morgan fingerprint density at radius 2 is 2.20 bits per heavy atom. The first kappa shape index (κ1) is 20.4. The average molecular weight is 496 g/mol. The fraction of sp³-hybridized carbons (Fsp3) is 0.600. The predicted octanol–water partition coefficient (Wildman–Crippen LogP) is 1.89. The SMILES string of the molecule is CCS(=O)(=O)N[C@H]1C[C@]2(C)O[C@@]13CCO[C@H]1[C@@H]3[C@@H]2C(=O)N1c1ccc(C#N)c(Br)c1. The Labute approximate surface area is 183 Å². The fourth-order valence-corrected chi connectivity index (χ4v) is 7.24. The van der Waals surface area contributed by atoms with Gasteiger partial charge in [0, 0.05) is 22.5 Å². The summed E-state index contributed by atoms with van der Waals surface area (Å²) in [6, 6.07) is 6.89. The normalized spacial score (nSPS) is 39.3. The molecular formula is C20H22BrN3O5S. The number of fused-ring (bicyclic) bond motifs is 2. The van der Waals surface area contributed by atoms with Crippen molar-refractivity contribution in [2.45, 2.75) is 50.2 Å². The van der Waals surface area contributed by atoms with Crippen LogP contribution in [0.5, 0.6) is 0 Å². The predicted molar refractivity (Wildman–Crippen MR) is 111 cm³/mol. The number of anilines is 1. The number of hydrogen-bond acceptors (Lipinski definition) is 6. The molecule has 0 saturated carbocycles. The van der Waals surface area contributed by atoms with E-state index in [2.05, 4.69) is 26.7 Å². The van der Waals surface area contributed by atoms with Crippen LogP contribution in [0.3, 0.4) is 0 Å². The second-order valence-corrected chi connectivity index (χ2v) is 11.5. The number of hydrogen-bond donors (Lipinski definition) is 1. The first-order valence-corrected chi connectivity index (χ1v) is 12.4. The van der Waals surface area contributed by atoms with Crippen LogP contribution in [0.2, 0.25) is 0 Å². The molecule has 2 bridgehead atoms. The Balaban J connectivity index is 1.57. The van der Waals surface area contributed by atoms with Gasteiger partial charge in [0.25, 0.3) is 0 Å². The van der Waals surface area contributed by atoms with Gasteiger partial charge in [0.15, 0.2) is 0 Å². The third-order valence-electron chi connectivity index (χ3n) is 7.10. The number of halogens is 1. The molecule has 1 aromatic rings. The van der Waals surface area contributed by atoms with Crippen LogP contribution in [0, 0.1) is 23.2 Å². The quantitative estimate of drug-likeness (QED) is 0.682. The van der Waals surface area contributed by atoms with E-state index in [0.29, 0.717) is 35.2 Å². The summed E-state index contributed by atoms with van der Waals surface area (Å²) in [5, 5.41) is 9.20. The van der Waals surface area contributed by atoms with Gasteiger partial charge < -0.3 is 9.47 Å². The zero-order valence-corrected chi connectivity index (χ0v) is 19.0. The highest BCUT2D eigenvalue weighted by atomic mass is 79.9. The minimum Gasteiger partial charge on any atom is -0.366 e. The highest BCUT2D eigenvalue weighted by Crippen LogP contribution is 2.65. The van der Waals surface area contributed by atoms with Gasteiger partial charge >= 0.3 is 0 Å². The van der Waals surface area contributed by atoms with Crippen LogP contribution in [-0.4, -0.2) is 50.2 Å². The van der Waals surface area contributed by atoms with E-state index in [1.165, 1.54) is 0 Å². The van der Waals surface area contributed by atoms with Crippen LogP contribution >= 0.6 is 15.9 Å². The molecule has 0 unspecified atom stereocenters. The summed E-state index contributed by atoms with van der Waals surface area (Å²) in [5.41, 5.74) is -0.390. The van der Waals surface area contributed by atoms with Gasteiger partial charge in [-0.15, -0.1) is 0 Å². The number of benzene rings is 1. The molecule has 4 heterocycles. The number of carbonyl (C=O) groups excluding carboxylic acids is 1. The smallest absolute Gasteiger partial charge is 0.235 e. The highest BCUT2D eigenvalue weighted by molar-refractivity contribution is 9.10. The molecule has 10 heteroatoms. The lowest BCUT2D eigenvalue weighted by molar-refractivity contribution is -0.143. The summed E-state index contributed by atoms with van der Waals surface area (Å²) in [6.45, 7) is 3.88. The number of amides is 1. The van der Waals surface area contributed by atoms with Crippen molar-refractivity contribution in [1.29, 1.82) is 5.26 Å². The maximum atomic E-state index is 13.6. The van der Waals surface area contributed by atoms with Crippen LogP contribution < -0.4 is 9.62 Å². The van der Waals surface area contributed by atoms with Crippen LogP contribution in [0.15, 0.2) is 22.7 Å². The Morgan fingerprint density at radius 1 is 1.43 bits per heavy atom. The minimum atomic E-state index is -3.42. The summed E-state index contributed by atoms with van der Waals surface area (Å²) in [7, 11) is -3.42. The number of nitrogens with zero attached hydrogens (tertiary/aromatic N) is 2. The Hall–Kier alpha value is -1.51. The Morgan fingerprint density at radius 3 is 2.87 bits per heavy atom. The van der Waals surface area contributed by atoms with Gasteiger partial charge in [0.1, 0.15) is 12.3 Å². The lowest BCUT2D eigenvalue weighted by atomic mass is 9.64. The molecule has 5 rings (SSSR count). The van der Waals surface area contributed by atoms with Crippen LogP contribution in [-0.2, 0) is 24.3 Å². The monoisotopic (exact) mass is 495 g/mol. The number of ether oxygens (including phenoxy) is 2. The van der Waals surface area contributed by atoms with Crippen LogP contribution in [0.25, 0.3) is 0 Å². The molecule has 30 heavy (non-hydrogen) atoms. The molecule has 1 aromatic carbocycles.